The third kappa shape index (κ3) is 9.89. The van der Waals surface area contributed by atoms with Crippen LogP contribution < -0.4 is 0 Å². The summed E-state index contributed by atoms with van der Waals surface area (Å²) in [6.07, 6.45) is 0. The maximum atomic E-state index is 5.61. The fourth-order valence-corrected chi connectivity index (χ4v) is 12.1. The van der Waals surface area contributed by atoms with Crippen molar-refractivity contribution in [2.45, 2.75) is 105 Å². The van der Waals surface area contributed by atoms with Gasteiger partial charge in [0.1, 0.15) is 0 Å². The molecule has 3 aromatic heterocycles. The Bertz CT molecular complexity index is 4370. The van der Waals surface area contributed by atoms with Crippen LogP contribution in [0.4, 0.5) is 0 Å². The van der Waals surface area contributed by atoms with Crippen LogP contribution in [-0.2, 0) is 21.7 Å². The Kier molecular flexibility index (Phi) is 13.1. The van der Waals surface area contributed by atoms with Gasteiger partial charge in [-0.05, 0) is 151 Å². The molecular formula is C79H73N5. The molecule has 10 aromatic carbocycles. The van der Waals surface area contributed by atoms with E-state index in [4.69, 9.17) is 15.0 Å². The Labute approximate surface area is 495 Å². The fourth-order valence-electron chi connectivity index (χ4n) is 12.1. The number of aromatic nitrogens is 5. The van der Waals surface area contributed by atoms with E-state index in [0.29, 0.717) is 17.5 Å². The van der Waals surface area contributed by atoms with Crippen molar-refractivity contribution in [3.05, 3.63) is 247 Å². The second kappa shape index (κ2) is 20.3. The van der Waals surface area contributed by atoms with E-state index in [1.165, 1.54) is 66.1 Å². The van der Waals surface area contributed by atoms with Crippen LogP contribution in [-0.4, -0.2) is 24.1 Å². The molecule has 0 atom stereocenters. The zero-order valence-electron chi connectivity index (χ0n) is 50.6. The van der Waals surface area contributed by atoms with E-state index in [1.807, 2.05) is 0 Å². The van der Waals surface area contributed by atoms with E-state index >= 15 is 0 Å². The summed E-state index contributed by atoms with van der Waals surface area (Å²) in [6.45, 7) is 27.5. The van der Waals surface area contributed by atoms with E-state index in [9.17, 15) is 0 Å². The molecule has 0 aliphatic carbocycles. The second-order valence-corrected chi connectivity index (χ2v) is 27.1. The Hall–Kier alpha value is -9.19. The minimum atomic E-state index is -0.120. The molecule has 0 saturated carbocycles. The van der Waals surface area contributed by atoms with Gasteiger partial charge in [0.15, 0.2) is 17.5 Å². The maximum absolute atomic E-state index is 5.61. The number of hydrogen-bond donors (Lipinski definition) is 0. The lowest BCUT2D eigenvalue weighted by molar-refractivity contribution is 0.568. The highest BCUT2D eigenvalue weighted by atomic mass is 15.0. The number of fused-ring (bicyclic) bond motifs is 6. The summed E-state index contributed by atoms with van der Waals surface area (Å²) in [7, 11) is 0. The van der Waals surface area contributed by atoms with Gasteiger partial charge in [-0.1, -0.05) is 223 Å². The number of para-hydroxylation sites is 3. The van der Waals surface area contributed by atoms with Crippen LogP contribution in [0, 0.1) is 0 Å². The Morgan fingerprint density at radius 2 is 0.583 bits per heavy atom. The van der Waals surface area contributed by atoms with Crippen molar-refractivity contribution < 1.29 is 0 Å². The van der Waals surface area contributed by atoms with Crippen molar-refractivity contribution in [2.75, 3.05) is 0 Å². The predicted molar refractivity (Wildman–Crippen MR) is 356 cm³/mol. The van der Waals surface area contributed by atoms with Crippen molar-refractivity contribution >= 4 is 43.6 Å². The molecule has 0 amide bonds. The summed E-state index contributed by atoms with van der Waals surface area (Å²) < 4.78 is 4.93. The van der Waals surface area contributed by atoms with Gasteiger partial charge in [0.05, 0.1) is 33.4 Å². The van der Waals surface area contributed by atoms with Crippen LogP contribution in [0.15, 0.2) is 224 Å². The van der Waals surface area contributed by atoms with Gasteiger partial charge in [0.2, 0.25) is 0 Å². The van der Waals surface area contributed by atoms with Gasteiger partial charge in [-0.2, -0.15) is 0 Å². The van der Waals surface area contributed by atoms with Gasteiger partial charge >= 0.3 is 0 Å². The lowest BCUT2D eigenvalue weighted by atomic mass is 9.79. The normalized spacial score (nSPS) is 12.5. The number of rotatable bonds is 8. The smallest absolute Gasteiger partial charge is 0.164 e. The molecule has 0 aliphatic heterocycles. The average molecular weight is 1090 g/mol. The molecule has 0 unspecified atom stereocenters. The van der Waals surface area contributed by atoms with Crippen LogP contribution in [0.2, 0.25) is 0 Å². The third-order valence-electron chi connectivity index (χ3n) is 17.0. The highest BCUT2D eigenvalue weighted by molar-refractivity contribution is 6.13. The van der Waals surface area contributed by atoms with Crippen LogP contribution in [0.3, 0.4) is 0 Å². The largest absolute Gasteiger partial charge is 0.309 e. The maximum Gasteiger partial charge on any atom is 0.164 e. The van der Waals surface area contributed by atoms with E-state index in [0.717, 1.165) is 61.3 Å². The SMILES string of the molecule is CC(C)(C)c1cc(-c2nc(-c3cc(C(C)(C)C)cc(C(C)(C)C)c3)nc(-c3ccc(-n4c5ccc(-c6ccccc6)cc5c5cc(-c6ccccc6)ccc54)c(-c4ccccc4-n4c5ccccc5c5ccccc54)c3)n2)cc(C(C)(C)C)c1. The molecule has 0 saturated heterocycles. The standard InChI is InChI=1S/C79H73N5/c1-76(2,3)57-41-55(42-58(48-57)77(4,5)6)74-80-73(81-75(82-74)56-43-59(78(7,8)9)49-60(44-56)79(10,11)12)54-37-40-70(64(47-54)63-31-21-24-34-69(63)83-67-32-22-19-29-61(67)62-30-20-23-33-68(62)83)84-71-38-35-52(50-25-15-13-16-26-50)45-65(71)66-46-53(36-39-72(66)84)51-27-17-14-18-28-51/h13-49H,1-12H3. The topological polar surface area (TPSA) is 48.5 Å². The minimum Gasteiger partial charge on any atom is -0.309 e. The van der Waals surface area contributed by atoms with Gasteiger partial charge < -0.3 is 9.13 Å². The molecule has 0 radical (unpaired) electrons. The van der Waals surface area contributed by atoms with Gasteiger partial charge in [0.25, 0.3) is 0 Å². The van der Waals surface area contributed by atoms with Crippen molar-refractivity contribution in [1.82, 2.24) is 24.1 Å². The Morgan fingerprint density at radius 3 is 1.01 bits per heavy atom. The van der Waals surface area contributed by atoms with Gasteiger partial charge in [-0.15, -0.1) is 0 Å². The van der Waals surface area contributed by atoms with Gasteiger partial charge in [-0.3, -0.25) is 0 Å². The first-order valence-electron chi connectivity index (χ1n) is 29.7. The van der Waals surface area contributed by atoms with E-state index in [2.05, 4.69) is 317 Å². The van der Waals surface area contributed by atoms with E-state index in [-0.39, 0.29) is 21.7 Å². The third-order valence-corrected chi connectivity index (χ3v) is 17.0. The van der Waals surface area contributed by atoms with Crippen LogP contribution >= 0.6 is 0 Å². The quantitative estimate of drug-likeness (QED) is 0.152. The van der Waals surface area contributed by atoms with E-state index < -0.39 is 0 Å². The first-order chi connectivity index (χ1) is 40.2. The molecule has 0 spiro atoms. The molecule has 0 aliphatic rings. The second-order valence-electron chi connectivity index (χ2n) is 27.1. The fraction of sp³-hybridized carbons (Fsp3) is 0.203. The molecule has 5 nitrogen and oxygen atoms in total. The molecule has 5 heteroatoms. The summed E-state index contributed by atoms with van der Waals surface area (Å²) in [4.78, 5) is 16.8. The Balaban J connectivity index is 1.13. The molecule has 0 bridgehead atoms. The van der Waals surface area contributed by atoms with Gasteiger partial charge in [-0.25, -0.2) is 15.0 Å². The molecule has 0 fully saturated rings. The van der Waals surface area contributed by atoms with Crippen molar-refractivity contribution in [3.63, 3.8) is 0 Å². The van der Waals surface area contributed by atoms with Crippen LogP contribution in [0.1, 0.15) is 105 Å². The summed E-state index contributed by atoms with van der Waals surface area (Å²) in [6, 6.07) is 82.7. The van der Waals surface area contributed by atoms with Crippen molar-refractivity contribution in [3.8, 4) is 78.9 Å². The molecule has 84 heavy (non-hydrogen) atoms. The highest BCUT2D eigenvalue weighted by Crippen LogP contribution is 2.45. The highest BCUT2D eigenvalue weighted by Gasteiger charge is 2.27. The summed E-state index contributed by atoms with van der Waals surface area (Å²) >= 11 is 0. The average Bonchev–Trinajstić information content (AvgIpc) is 1.95. The van der Waals surface area contributed by atoms with Gasteiger partial charge in [0, 0.05) is 49.4 Å². The number of hydrogen-bond acceptors (Lipinski definition) is 3. The van der Waals surface area contributed by atoms with E-state index in [1.54, 1.807) is 0 Å². The van der Waals surface area contributed by atoms with Crippen molar-refractivity contribution in [2.24, 2.45) is 0 Å². The lowest BCUT2D eigenvalue weighted by Crippen LogP contribution is -2.17. The first-order valence-corrected chi connectivity index (χ1v) is 29.7. The van der Waals surface area contributed by atoms with Crippen LogP contribution in [0.25, 0.3) is 123 Å². The molecule has 414 valence electrons. The zero-order chi connectivity index (χ0) is 58.5. The Morgan fingerprint density at radius 1 is 0.238 bits per heavy atom. The monoisotopic (exact) mass is 1090 g/mol. The molecule has 13 aromatic rings. The number of nitrogens with zero attached hydrogens (tertiary/aromatic N) is 5. The molecule has 0 N–H and O–H groups in total. The zero-order valence-corrected chi connectivity index (χ0v) is 50.6. The molecule has 13 rings (SSSR count). The van der Waals surface area contributed by atoms with Crippen LogP contribution in [0.5, 0.6) is 0 Å². The summed E-state index contributed by atoms with van der Waals surface area (Å²) in [5, 5.41) is 4.79. The first kappa shape index (κ1) is 54.1. The summed E-state index contributed by atoms with van der Waals surface area (Å²) in [5.74, 6) is 1.90. The van der Waals surface area contributed by atoms with Crippen molar-refractivity contribution in [1.29, 1.82) is 0 Å². The summed E-state index contributed by atoms with van der Waals surface area (Å²) in [5.41, 5.74) is 20.8. The lowest BCUT2D eigenvalue weighted by Gasteiger charge is -2.26. The number of benzene rings is 10. The molecular weight excluding hydrogens is 1020 g/mol. The predicted octanol–water partition coefficient (Wildman–Crippen LogP) is 21.3. The minimum absolute atomic E-state index is 0.120. The molecule has 3 heterocycles.